The van der Waals surface area contributed by atoms with Gasteiger partial charge in [-0.15, -0.1) is 5.10 Å². The zero-order chi connectivity index (χ0) is 29.1. The van der Waals surface area contributed by atoms with Gasteiger partial charge in [-0.05, 0) is 74.1 Å². The number of carbonyl (C=O) groups excluding carboxylic acids is 2. The minimum atomic E-state index is -0.596. The maximum atomic E-state index is 14.3. The molecule has 1 spiro atoms. The van der Waals surface area contributed by atoms with Crippen molar-refractivity contribution in [3.63, 3.8) is 0 Å². The molecule has 4 aliphatic rings. The van der Waals surface area contributed by atoms with Crippen LogP contribution in [0.5, 0.6) is 0 Å². The van der Waals surface area contributed by atoms with Gasteiger partial charge in [0.2, 0.25) is 0 Å². The highest BCUT2D eigenvalue weighted by atomic mass is 19.1. The third-order valence-electron chi connectivity index (χ3n) is 9.18. The monoisotopic (exact) mass is 564 g/mol. The van der Waals surface area contributed by atoms with Gasteiger partial charge < -0.3 is 10.2 Å². The third-order valence-corrected chi connectivity index (χ3v) is 9.18. The average molecular weight is 565 g/mol. The fourth-order valence-corrected chi connectivity index (χ4v) is 6.86. The molecule has 3 atom stereocenters. The lowest BCUT2D eigenvalue weighted by Gasteiger charge is -2.48. The van der Waals surface area contributed by atoms with E-state index in [0.717, 1.165) is 44.4 Å². The fourth-order valence-electron chi connectivity index (χ4n) is 6.86. The molecule has 5 N–H and O–H groups in total. The number of hydrazine groups is 1. The number of halogens is 1. The standard InChI is InChI=1S/C31H42FN7O2/c1-5-6-26(25-12-9-23(17-20(25)4)29(40)33-18-27-35-37-38-36-27)39-30(41)28(22-7-10-24(32)11-8-22)34-31(39)15-13-21(14-16-31)19(2)3/h7-12,17,19-21,25-26,37-38H,5-6,13-16,18H2,1-4H3,(H,33,40)(H,35,36)/p+1. The summed E-state index contributed by atoms with van der Waals surface area (Å²) in [6.07, 6.45) is 11.5. The van der Waals surface area contributed by atoms with Crippen molar-refractivity contribution in [1.29, 1.82) is 0 Å². The molecule has 41 heavy (non-hydrogen) atoms. The van der Waals surface area contributed by atoms with Gasteiger partial charge in [-0.3, -0.25) is 14.6 Å². The Morgan fingerprint density at radius 1 is 1.24 bits per heavy atom. The molecule has 220 valence electrons. The van der Waals surface area contributed by atoms with E-state index in [4.69, 9.17) is 4.99 Å². The predicted octanol–water partition coefficient (Wildman–Crippen LogP) is 2.93. The molecule has 2 aliphatic carbocycles. The van der Waals surface area contributed by atoms with Crippen LogP contribution in [0.15, 0.2) is 58.2 Å². The number of allylic oxidation sites excluding steroid dienone is 1. The summed E-state index contributed by atoms with van der Waals surface area (Å²) >= 11 is 0. The van der Waals surface area contributed by atoms with Crippen LogP contribution in [-0.4, -0.2) is 46.5 Å². The molecule has 0 radical (unpaired) electrons. The molecule has 0 saturated heterocycles. The van der Waals surface area contributed by atoms with E-state index in [0.29, 0.717) is 35.2 Å². The van der Waals surface area contributed by atoms with Gasteiger partial charge in [-0.25, -0.2) is 9.82 Å². The van der Waals surface area contributed by atoms with Gasteiger partial charge in [0, 0.05) is 23.1 Å². The van der Waals surface area contributed by atoms with Crippen LogP contribution < -0.4 is 21.8 Å². The number of aliphatic imine (C=N–C) groups is 1. The van der Waals surface area contributed by atoms with Crippen LogP contribution in [0.2, 0.25) is 0 Å². The summed E-state index contributed by atoms with van der Waals surface area (Å²) in [5, 5.41) is 6.97. The number of quaternary nitrogens is 1. The Hall–Kier alpha value is -3.37. The number of amidine groups is 1. The number of hydrogen-bond donors (Lipinski definition) is 4. The Balaban J connectivity index is 1.41. The molecule has 9 nitrogen and oxygen atoms in total. The molecular formula is C31H43FN7O2+. The summed E-state index contributed by atoms with van der Waals surface area (Å²) < 4.78 is 13.8. The number of carbonyl (C=O) groups is 2. The topological polar surface area (TPSA) is 115 Å². The highest BCUT2D eigenvalue weighted by Gasteiger charge is 2.53. The Kier molecular flexibility index (Phi) is 8.70. The predicted molar refractivity (Wildman–Crippen MR) is 157 cm³/mol. The zero-order valence-electron chi connectivity index (χ0n) is 24.5. The summed E-state index contributed by atoms with van der Waals surface area (Å²) in [6.45, 7) is 9.14. The molecule has 5 rings (SSSR count). The molecule has 0 bridgehead atoms. The van der Waals surface area contributed by atoms with Crippen molar-refractivity contribution in [3.05, 3.63) is 59.4 Å². The molecule has 2 aliphatic heterocycles. The first-order valence-corrected chi connectivity index (χ1v) is 15.0. The van der Waals surface area contributed by atoms with Crippen LogP contribution in [0.1, 0.15) is 71.8 Å². The molecule has 10 heteroatoms. The van der Waals surface area contributed by atoms with Crippen molar-refractivity contribution < 1.29 is 19.4 Å². The number of benzene rings is 1. The van der Waals surface area contributed by atoms with Crippen molar-refractivity contribution in [2.75, 3.05) is 6.54 Å². The van der Waals surface area contributed by atoms with E-state index in [1.54, 1.807) is 17.6 Å². The van der Waals surface area contributed by atoms with Gasteiger partial charge in [-0.2, -0.15) is 5.53 Å². The van der Waals surface area contributed by atoms with Crippen LogP contribution in [0.4, 0.5) is 4.39 Å². The summed E-state index contributed by atoms with van der Waals surface area (Å²) in [6, 6.07) is 6.04. The van der Waals surface area contributed by atoms with Crippen molar-refractivity contribution in [2.24, 2.45) is 33.8 Å². The lowest BCUT2D eigenvalue weighted by atomic mass is 9.74. The third kappa shape index (κ3) is 5.99. The van der Waals surface area contributed by atoms with Crippen molar-refractivity contribution in [1.82, 2.24) is 21.3 Å². The molecule has 1 aromatic carbocycles. The second-order valence-corrected chi connectivity index (χ2v) is 12.2. The molecule has 2 amide bonds. The second-order valence-electron chi connectivity index (χ2n) is 12.2. The van der Waals surface area contributed by atoms with Crippen molar-refractivity contribution in [3.8, 4) is 0 Å². The van der Waals surface area contributed by atoms with Crippen molar-refractivity contribution in [2.45, 2.75) is 77.9 Å². The van der Waals surface area contributed by atoms with Gasteiger partial charge in [0.25, 0.3) is 17.6 Å². The SMILES string of the molecule is CCCC(C1C=CC(C(=O)NCC2=NNN[NH2+]2)=CC1C)N1C(=O)C(c2ccc(F)cc2)=NC12CCC(C(C)C)CC2. The van der Waals surface area contributed by atoms with Gasteiger partial charge in [0.1, 0.15) is 23.7 Å². The normalized spacial score (nSPS) is 28.4. The van der Waals surface area contributed by atoms with Crippen LogP contribution in [0, 0.1) is 29.5 Å². The van der Waals surface area contributed by atoms with Crippen LogP contribution >= 0.6 is 0 Å². The Bertz CT molecular complexity index is 1260. The number of hydrazone groups is 1. The fraction of sp³-hybridized carbons (Fsp3) is 0.548. The molecule has 0 aromatic heterocycles. The molecule has 1 aromatic rings. The van der Waals surface area contributed by atoms with E-state index in [9.17, 15) is 14.0 Å². The highest BCUT2D eigenvalue weighted by molar-refractivity contribution is 6.46. The Labute approximate surface area is 241 Å². The first-order chi connectivity index (χ1) is 19.7. The maximum Gasteiger partial charge on any atom is 0.274 e. The van der Waals surface area contributed by atoms with E-state index >= 15 is 0 Å². The van der Waals surface area contributed by atoms with Gasteiger partial charge in [-0.1, -0.05) is 57.9 Å². The first kappa shape index (κ1) is 29.1. The number of rotatable bonds is 9. The van der Waals surface area contributed by atoms with E-state index in [1.807, 2.05) is 12.2 Å². The van der Waals surface area contributed by atoms with Crippen LogP contribution in [-0.2, 0) is 9.59 Å². The Morgan fingerprint density at radius 2 is 1.98 bits per heavy atom. The van der Waals surface area contributed by atoms with E-state index in [-0.39, 0.29) is 35.5 Å². The number of hydrogen-bond acceptors (Lipinski definition) is 6. The minimum Gasteiger partial charge on any atom is -0.341 e. The van der Waals surface area contributed by atoms with Crippen molar-refractivity contribution >= 4 is 23.4 Å². The van der Waals surface area contributed by atoms with Gasteiger partial charge in [0.15, 0.2) is 0 Å². The van der Waals surface area contributed by atoms with Crippen LogP contribution in [0.3, 0.4) is 0 Å². The maximum absolute atomic E-state index is 14.3. The second kappa shape index (κ2) is 12.2. The molecule has 1 fully saturated rings. The molecular weight excluding hydrogens is 521 g/mol. The molecule has 3 unspecified atom stereocenters. The van der Waals surface area contributed by atoms with E-state index < -0.39 is 5.66 Å². The number of nitrogens with two attached hydrogens (primary N) is 1. The lowest BCUT2D eigenvalue weighted by Crippen LogP contribution is -2.96. The highest BCUT2D eigenvalue weighted by Crippen LogP contribution is 2.47. The summed E-state index contributed by atoms with van der Waals surface area (Å²) in [5.41, 5.74) is 8.24. The molecule has 2 heterocycles. The number of amides is 2. The minimum absolute atomic E-state index is 0.0406. The molecule has 1 saturated carbocycles. The Morgan fingerprint density at radius 3 is 2.59 bits per heavy atom. The van der Waals surface area contributed by atoms with E-state index in [2.05, 4.69) is 60.2 Å². The summed E-state index contributed by atoms with van der Waals surface area (Å²) in [4.78, 5) is 34.5. The largest absolute Gasteiger partial charge is 0.341 e. The van der Waals surface area contributed by atoms with Gasteiger partial charge >= 0.3 is 0 Å². The van der Waals surface area contributed by atoms with Crippen LogP contribution in [0.25, 0.3) is 0 Å². The van der Waals surface area contributed by atoms with Gasteiger partial charge in [0.05, 0.1) is 0 Å². The quantitative estimate of drug-likeness (QED) is 0.345. The number of nitrogens with one attached hydrogen (secondary N) is 3. The number of nitrogens with zero attached hydrogens (tertiary/aromatic N) is 3. The average Bonchev–Trinajstić information content (AvgIpc) is 3.58. The zero-order valence-corrected chi connectivity index (χ0v) is 24.5. The summed E-state index contributed by atoms with van der Waals surface area (Å²) in [5.74, 6) is 1.46. The lowest BCUT2D eigenvalue weighted by molar-refractivity contribution is -0.603. The first-order valence-electron chi connectivity index (χ1n) is 15.0. The summed E-state index contributed by atoms with van der Waals surface area (Å²) in [7, 11) is 0. The van der Waals surface area contributed by atoms with E-state index in [1.165, 1.54) is 12.1 Å². The smallest absolute Gasteiger partial charge is 0.274 e.